The SMILES string of the molecule is Oc1coc2c1ccc1[nH]c3ccccc3c12. The Morgan fingerprint density at radius 3 is 2.76 bits per heavy atom. The molecule has 4 rings (SSSR count). The van der Waals surface area contributed by atoms with E-state index in [-0.39, 0.29) is 5.75 Å². The monoisotopic (exact) mass is 223 g/mol. The van der Waals surface area contributed by atoms with Gasteiger partial charge in [-0.05, 0) is 18.2 Å². The van der Waals surface area contributed by atoms with Crippen LogP contribution in [-0.2, 0) is 0 Å². The molecule has 0 aliphatic carbocycles. The molecule has 3 heteroatoms. The molecule has 0 bridgehead atoms. The van der Waals surface area contributed by atoms with Crippen molar-refractivity contribution in [1.29, 1.82) is 0 Å². The number of nitrogens with one attached hydrogen (secondary N) is 1. The Hall–Kier alpha value is -2.42. The third kappa shape index (κ3) is 1.00. The second-order valence-electron chi connectivity index (χ2n) is 4.16. The molecular formula is C14H9NO2. The van der Waals surface area contributed by atoms with Gasteiger partial charge in [-0.25, -0.2) is 0 Å². The lowest BCUT2D eigenvalue weighted by atomic mass is 10.1. The van der Waals surface area contributed by atoms with Gasteiger partial charge in [0, 0.05) is 10.9 Å². The molecule has 0 saturated carbocycles. The minimum absolute atomic E-state index is 0.187. The Labute approximate surface area is 96.3 Å². The zero-order chi connectivity index (χ0) is 11.4. The van der Waals surface area contributed by atoms with Crippen LogP contribution < -0.4 is 0 Å². The van der Waals surface area contributed by atoms with Gasteiger partial charge in [0.25, 0.3) is 0 Å². The van der Waals surface area contributed by atoms with E-state index in [1.165, 1.54) is 6.26 Å². The van der Waals surface area contributed by atoms with E-state index in [1.54, 1.807) is 0 Å². The maximum Gasteiger partial charge on any atom is 0.161 e. The molecule has 2 aromatic heterocycles. The molecule has 4 aromatic rings. The van der Waals surface area contributed by atoms with Crippen LogP contribution in [0, 0.1) is 0 Å². The Balaban J connectivity index is 2.38. The first-order valence-electron chi connectivity index (χ1n) is 5.44. The molecule has 2 N–H and O–H groups in total. The van der Waals surface area contributed by atoms with Gasteiger partial charge in [-0.2, -0.15) is 0 Å². The Bertz CT molecular complexity index is 854. The number of fused-ring (bicyclic) bond motifs is 5. The van der Waals surface area contributed by atoms with Crippen molar-refractivity contribution in [3.8, 4) is 5.75 Å². The number of hydrogen-bond acceptors (Lipinski definition) is 2. The van der Waals surface area contributed by atoms with Crippen LogP contribution in [0.15, 0.2) is 47.1 Å². The molecule has 0 unspecified atom stereocenters. The maximum absolute atomic E-state index is 9.68. The van der Waals surface area contributed by atoms with E-state index in [0.717, 1.165) is 32.8 Å². The van der Waals surface area contributed by atoms with Crippen molar-refractivity contribution in [1.82, 2.24) is 4.98 Å². The highest BCUT2D eigenvalue weighted by Gasteiger charge is 2.12. The summed E-state index contributed by atoms with van der Waals surface area (Å²) in [6.45, 7) is 0. The third-order valence-electron chi connectivity index (χ3n) is 3.19. The van der Waals surface area contributed by atoms with E-state index >= 15 is 0 Å². The fraction of sp³-hybridized carbons (Fsp3) is 0. The summed E-state index contributed by atoms with van der Waals surface area (Å²) in [5.41, 5.74) is 2.83. The van der Waals surface area contributed by atoms with Crippen molar-refractivity contribution >= 4 is 32.8 Å². The van der Waals surface area contributed by atoms with Gasteiger partial charge in [0.2, 0.25) is 0 Å². The number of aromatic nitrogens is 1. The van der Waals surface area contributed by atoms with E-state index < -0.39 is 0 Å². The third-order valence-corrected chi connectivity index (χ3v) is 3.19. The van der Waals surface area contributed by atoms with Crippen LogP contribution in [0.3, 0.4) is 0 Å². The van der Waals surface area contributed by atoms with Crippen LogP contribution in [0.25, 0.3) is 32.8 Å². The second-order valence-corrected chi connectivity index (χ2v) is 4.16. The molecular weight excluding hydrogens is 214 g/mol. The van der Waals surface area contributed by atoms with E-state index in [1.807, 2.05) is 36.4 Å². The first kappa shape index (κ1) is 8.70. The molecule has 0 aliphatic rings. The number of para-hydroxylation sites is 1. The lowest BCUT2D eigenvalue weighted by molar-refractivity contribution is 0.464. The van der Waals surface area contributed by atoms with Crippen molar-refractivity contribution < 1.29 is 9.52 Å². The van der Waals surface area contributed by atoms with E-state index in [9.17, 15) is 5.11 Å². The van der Waals surface area contributed by atoms with Crippen molar-refractivity contribution in [3.05, 3.63) is 42.7 Å². The van der Waals surface area contributed by atoms with Gasteiger partial charge in [-0.3, -0.25) is 0 Å². The smallest absolute Gasteiger partial charge is 0.161 e. The summed E-state index contributed by atoms with van der Waals surface area (Å²) >= 11 is 0. The predicted octanol–water partition coefficient (Wildman–Crippen LogP) is 3.77. The van der Waals surface area contributed by atoms with Crippen molar-refractivity contribution in [2.45, 2.75) is 0 Å². The van der Waals surface area contributed by atoms with Gasteiger partial charge < -0.3 is 14.5 Å². The second kappa shape index (κ2) is 2.83. The highest BCUT2D eigenvalue weighted by atomic mass is 16.4. The molecule has 0 radical (unpaired) electrons. The van der Waals surface area contributed by atoms with Crippen molar-refractivity contribution in [2.75, 3.05) is 0 Å². The molecule has 0 spiro atoms. The van der Waals surface area contributed by atoms with Crippen molar-refractivity contribution in [2.24, 2.45) is 0 Å². The van der Waals surface area contributed by atoms with E-state index in [2.05, 4.69) is 4.98 Å². The molecule has 0 atom stereocenters. The molecule has 2 aromatic carbocycles. The molecule has 0 aliphatic heterocycles. The minimum atomic E-state index is 0.187. The fourth-order valence-corrected chi connectivity index (χ4v) is 2.41. The van der Waals surface area contributed by atoms with E-state index in [4.69, 9.17) is 4.42 Å². The first-order chi connectivity index (χ1) is 8.34. The Kier molecular flexibility index (Phi) is 1.45. The van der Waals surface area contributed by atoms with Crippen molar-refractivity contribution in [3.63, 3.8) is 0 Å². The van der Waals surface area contributed by atoms with Gasteiger partial charge in [0.05, 0.1) is 16.3 Å². The number of hydrogen-bond donors (Lipinski definition) is 2. The molecule has 3 nitrogen and oxygen atoms in total. The van der Waals surface area contributed by atoms with Gasteiger partial charge in [0.1, 0.15) is 11.8 Å². The topological polar surface area (TPSA) is 49.2 Å². The van der Waals surface area contributed by atoms with Crippen LogP contribution in [0.5, 0.6) is 5.75 Å². The fourth-order valence-electron chi connectivity index (χ4n) is 2.41. The lowest BCUT2D eigenvalue weighted by Gasteiger charge is -1.93. The largest absolute Gasteiger partial charge is 0.504 e. The number of aromatic amines is 1. The average molecular weight is 223 g/mol. The Morgan fingerprint density at radius 2 is 1.82 bits per heavy atom. The summed E-state index contributed by atoms with van der Waals surface area (Å²) in [4.78, 5) is 3.34. The summed E-state index contributed by atoms with van der Waals surface area (Å²) in [6.07, 6.45) is 1.38. The first-order valence-corrected chi connectivity index (χ1v) is 5.44. The molecule has 17 heavy (non-hydrogen) atoms. The molecule has 0 saturated heterocycles. The van der Waals surface area contributed by atoms with Gasteiger partial charge in [-0.1, -0.05) is 18.2 Å². The number of benzene rings is 2. The Morgan fingerprint density at radius 1 is 0.941 bits per heavy atom. The van der Waals surface area contributed by atoms with Gasteiger partial charge in [0.15, 0.2) is 5.75 Å². The number of aromatic hydroxyl groups is 1. The number of H-pyrrole nitrogens is 1. The van der Waals surface area contributed by atoms with E-state index in [0.29, 0.717) is 0 Å². The average Bonchev–Trinajstić information content (AvgIpc) is 2.90. The summed E-state index contributed by atoms with van der Waals surface area (Å²) < 4.78 is 5.46. The molecule has 82 valence electrons. The van der Waals surface area contributed by atoms with Crippen LogP contribution in [0.2, 0.25) is 0 Å². The van der Waals surface area contributed by atoms with Gasteiger partial charge >= 0.3 is 0 Å². The summed E-state index contributed by atoms with van der Waals surface area (Å²) in [5, 5.41) is 12.6. The van der Waals surface area contributed by atoms with Crippen LogP contribution >= 0.6 is 0 Å². The molecule has 0 amide bonds. The standard InChI is InChI=1S/C14H9NO2/c16-12-7-17-14-9(12)5-6-11-13(14)8-3-1-2-4-10(8)15-11/h1-7,15-16H. The zero-order valence-electron chi connectivity index (χ0n) is 8.90. The predicted molar refractivity (Wildman–Crippen MR) is 67.2 cm³/mol. The summed E-state index contributed by atoms with van der Waals surface area (Å²) in [6, 6.07) is 11.9. The maximum atomic E-state index is 9.68. The summed E-state index contributed by atoms with van der Waals surface area (Å²) in [7, 11) is 0. The molecule has 2 heterocycles. The van der Waals surface area contributed by atoms with Gasteiger partial charge in [-0.15, -0.1) is 0 Å². The van der Waals surface area contributed by atoms with Crippen LogP contribution in [-0.4, -0.2) is 10.1 Å². The number of rotatable bonds is 0. The highest BCUT2D eigenvalue weighted by molar-refractivity contribution is 6.19. The summed E-state index contributed by atoms with van der Waals surface area (Å²) in [5.74, 6) is 0.187. The molecule has 0 fully saturated rings. The van der Waals surface area contributed by atoms with Crippen LogP contribution in [0.4, 0.5) is 0 Å². The zero-order valence-corrected chi connectivity index (χ0v) is 8.90. The highest BCUT2D eigenvalue weighted by Crippen LogP contribution is 2.36. The minimum Gasteiger partial charge on any atom is -0.504 e. The van der Waals surface area contributed by atoms with Crippen LogP contribution in [0.1, 0.15) is 0 Å². The number of furan rings is 1. The normalized spacial score (nSPS) is 11.8. The quantitative estimate of drug-likeness (QED) is 0.476. The lowest BCUT2D eigenvalue weighted by Crippen LogP contribution is -1.69.